The predicted octanol–water partition coefficient (Wildman–Crippen LogP) is 5.36. The number of amides is 1. The van der Waals surface area contributed by atoms with Crippen molar-refractivity contribution in [1.82, 2.24) is 4.90 Å². The van der Waals surface area contributed by atoms with E-state index >= 15 is 0 Å². The van der Waals surface area contributed by atoms with E-state index in [1.54, 1.807) is 0 Å². The second-order valence-electron chi connectivity index (χ2n) is 7.20. The van der Waals surface area contributed by atoms with Gasteiger partial charge in [0.25, 0.3) is 5.91 Å². The van der Waals surface area contributed by atoms with Crippen LogP contribution in [0.15, 0.2) is 66.7 Å². The lowest BCUT2D eigenvalue weighted by molar-refractivity contribution is 0.0736. The van der Waals surface area contributed by atoms with Crippen LogP contribution in [0, 0.1) is 20.8 Å². The maximum absolute atomic E-state index is 13.2. The Morgan fingerprint density at radius 3 is 2.31 bits per heavy atom. The number of carbonyl (C=O) groups is 1. The molecular formula is C24H23NO. The summed E-state index contributed by atoms with van der Waals surface area (Å²) in [5, 5.41) is 0. The highest BCUT2D eigenvalue weighted by molar-refractivity contribution is 6.00. The first kappa shape index (κ1) is 16.6. The lowest BCUT2D eigenvalue weighted by Gasteiger charge is -2.27. The number of benzene rings is 3. The summed E-state index contributed by atoms with van der Waals surface area (Å²) in [7, 11) is 0. The number of hydrogen-bond acceptors (Lipinski definition) is 1. The fourth-order valence-corrected chi connectivity index (χ4v) is 3.88. The summed E-state index contributed by atoms with van der Waals surface area (Å²) in [6.07, 6.45) is 0. The van der Waals surface area contributed by atoms with Crippen LogP contribution in [0.4, 0.5) is 0 Å². The first-order chi connectivity index (χ1) is 12.6. The number of fused-ring (bicyclic) bond motifs is 1. The van der Waals surface area contributed by atoms with E-state index in [-0.39, 0.29) is 11.9 Å². The third kappa shape index (κ3) is 2.72. The molecule has 1 aliphatic rings. The summed E-state index contributed by atoms with van der Waals surface area (Å²) in [6, 6.07) is 22.8. The van der Waals surface area contributed by atoms with Gasteiger partial charge in [-0.2, -0.15) is 0 Å². The van der Waals surface area contributed by atoms with Gasteiger partial charge in [-0.1, -0.05) is 60.7 Å². The van der Waals surface area contributed by atoms with Gasteiger partial charge in [0.05, 0.1) is 6.04 Å². The molecule has 0 N–H and O–H groups in total. The monoisotopic (exact) mass is 341 g/mol. The zero-order valence-corrected chi connectivity index (χ0v) is 15.5. The summed E-state index contributed by atoms with van der Waals surface area (Å²) >= 11 is 0. The van der Waals surface area contributed by atoms with E-state index in [4.69, 9.17) is 0 Å². The molecule has 0 fully saturated rings. The Balaban J connectivity index is 1.85. The molecular weight excluding hydrogens is 318 g/mol. The highest BCUT2D eigenvalue weighted by Gasteiger charge is 2.38. The Hall–Kier alpha value is -2.87. The van der Waals surface area contributed by atoms with Gasteiger partial charge in [-0.15, -0.1) is 0 Å². The molecule has 1 aliphatic heterocycles. The molecule has 3 aromatic rings. The number of hydrogen-bond donors (Lipinski definition) is 0. The Labute approximate surface area is 155 Å². The molecule has 4 rings (SSSR count). The third-order valence-electron chi connectivity index (χ3n) is 5.44. The van der Waals surface area contributed by atoms with E-state index in [0.717, 1.165) is 16.7 Å². The van der Waals surface area contributed by atoms with Crippen LogP contribution in [0.3, 0.4) is 0 Å². The Morgan fingerprint density at radius 2 is 1.58 bits per heavy atom. The Bertz CT molecular complexity index is 975. The van der Waals surface area contributed by atoms with Gasteiger partial charge in [0.2, 0.25) is 0 Å². The van der Waals surface area contributed by atoms with Crippen molar-refractivity contribution in [3.63, 3.8) is 0 Å². The van der Waals surface area contributed by atoms with Crippen molar-refractivity contribution in [1.29, 1.82) is 0 Å². The number of rotatable bonds is 3. The molecule has 2 nitrogen and oxygen atoms in total. The van der Waals surface area contributed by atoms with Crippen LogP contribution in [-0.2, 0) is 6.54 Å². The van der Waals surface area contributed by atoms with Gasteiger partial charge in [0, 0.05) is 12.1 Å². The molecule has 0 saturated carbocycles. The molecule has 0 spiro atoms. The Morgan fingerprint density at radius 1 is 0.808 bits per heavy atom. The van der Waals surface area contributed by atoms with E-state index < -0.39 is 0 Å². The van der Waals surface area contributed by atoms with Gasteiger partial charge in [0.15, 0.2) is 0 Å². The van der Waals surface area contributed by atoms with Crippen LogP contribution in [0.5, 0.6) is 0 Å². The van der Waals surface area contributed by atoms with Crippen molar-refractivity contribution in [2.24, 2.45) is 0 Å². The minimum absolute atomic E-state index is 0.0294. The molecule has 1 atom stereocenters. The summed E-state index contributed by atoms with van der Waals surface area (Å²) in [4.78, 5) is 15.2. The SMILES string of the molecule is Cc1ccc(C2c3c(C)cccc3C(=O)N2Cc2ccccc2)cc1C. The Kier molecular flexibility index (Phi) is 4.12. The first-order valence-corrected chi connectivity index (χ1v) is 9.08. The maximum atomic E-state index is 13.2. The summed E-state index contributed by atoms with van der Waals surface area (Å²) in [5.74, 6) is 0.121. The molecule has 0 radical (unpaired) electrons. The van der Waals surface area contributed by atoms with Crippen LogP contribution in [0.2, 0.25) is 0 Å². The van der Waals surface area contributed by atoms with Crippen molar-refractivity contribution in [2.75, 3.05) is 0 Å². The van der Waals surface area contributed by atoms with Crippen LogP contribution in [0.1, 0.15) is 49.8 Å². The van der Waals surface area contributed by atoms with Crippen LogP contribution >= 0.6 is 0 Å². The van der Waals surface area contributed by atoms with Crippen LogP contribution in [-0.4, -0.2) is 10.8 Å². The minimum Gasteiger partial charge on any atom is -0.323 e. The molecule has 0 aromatic heterocycles. The van der Waals surface area contributed by atoms with E-state index in [1.807, 2.05) is 35.2 Å². The zero-order valence-electron chi connectivity index (χ0n) is 15.5. The molecule has 1 heterocycles. The van der Waals surface area contributed by atoms with Crippen molar-refractivity contribution >= 4 is 5.91 Å². The standard InChI is InChI=1S/C24H23NO/c1-16-12-13-20(14-18(16)3)23-22-17(2)8-7-11-21(22)24(26)25(23)15-19-9-5-4-6-10-19/h4-14,23H,15H2,1-3H3. The molecule has 0 aliphatic carbocycles. The van der Waals surface area contributed by atoms with Crippen LogP contribution < -0.4 is 0 Å². The number of aryl methyl sites for hydroxylation is 3. The highest BCUT2D eigenvalue weighted by Crippen LogP contribution is 2.41. The van der Waals surface area contributed by atoms with E-state index in [9.17, 15) is 4.79 Å². The fraction of sp³-hybridized carbons (Fsp3) is 0.208. The number of nitrogens with zero attached hydrogens (tertiary/aromatic N) is 1. The average Bonchev–Trinajstić information content (AvgIpc) is 2.92. The summed E-state index contributed by atoms with van der Waals surface area (Å²) in [6.45, 7) is 6.98. The number of carbonyl (C=O) groups excluding carboxylic acids is 1. The van der Waals surface area contributed by atoms with Crippen molar-refractivity contribution in [3.05, 3.63) is 106 Å². The van der Waals surface area contributed by atoms with Gasteiger partial charge in [-0.3, -0.25) is 4.79 Å². The van der Waals surface area contributed by atoms with Gasteiger partial charge >= 0.3 is 0 Å². The lowest BCUT2D eigenvalue weighted by Crippen LogP contribution is -2.28. The van der Waals surface area contributed by atoms with Gasteiger partial charge in [-0.25, -0.2) is 0 Å². The molecule has 2 heteroatoms. The normalized spacial score (nSPS) is 16.0. The van der Waals surface area contributed by atoms with Crippen LogP contribution in [0.25, 0.3) is 0 Å². The second kappa shape index (κ2) is 6.45. The highest BCUT2D eigenvalue weighted by atomic mass is 16.2. The third-order valence-corrected chi connectivity index (χ3v) is 5.44. The van der Waals surface area contributed by atoms with E-state index in [2.05, 4.69) is 57.2 Å². The van der Waals surface area contributed by atoms with Crippen molar-refractivity contribution in [3.8, 4) is 0 Å². The quantitative estimate of drug-likeness (QED) is 0.628. The van der Waals surface area contributed by atoms with Gasteiger partial charge in [0.1, 0.15) is 0 Å². The van der Waals surface area contributed by atoms with Gasteiger partial charge in [-0.05, 0) is 60.2 Å². The smallest absolute Gasteiger partial charge is 0.255 e. The summed E-state index contributed by atoms with van der Waals surface area (Å²) in [5.41, 5.74) is 8.04. The molecule has 0 saturated heterocycles. The molecule has 3 aromatic carbocycles. The van der Waals surface area contributed by atoms with E-state index in [0.29, 0.717) is 6.54 Å². The largest absolute Gasteiger partial charge is 0.323 e. The molecule has 1 amide bonds. The topological polar surface area (TPSA) is 20.3 Å². The molecule has 26 heavy (non-hydrogen) atoms. The van der Waals surface area contributed by atoms with Crippen molar-refractivity contribution < 1.29 is 4.79 Å². The van der Waals surface area contributed by atoms with E-state index in [1.165, 1.54) is 22.3 Å². The molecule has 1 unspecified atom stereocenters. The molecule has 130 valence electrons. The molecule has 0 bridgehead atoms. The minimum atomic E-state index is -0.0294. The fourth-order valence-electron chi connectivity index (χ4n) is 3.88. The zero-order chi connectivity index (χ0) is 18.3. The predicted molar refractivity (Wildman–Crippen MR) is 105 cm³/mol. The second-order valence-corrected chi connectivity index (χ2v) is 7.20. The van der Waals surface area contributed by atoms with Gasteiger partial charge < -0.3 is 4.90 Å². The summed E-state index contributed by atoms with van der Waals surface area (Å²) < 4.78 is 0. The first-order valence-electron chi connectivity index (χ1n) is 9.08. The van der Waals surface area contributed by atoms with Crippen molar-refractivity contribution in [2.45, 2.75) is 33.4 Å². The maximum Gasteiger partial charge on any atom is 0.255 e. The average molecular weight is 341 g/mol. The lowest BCUT2D eigenvalue weighted by atomic mass is 9.92.